The van der Waals surface area contributed by atoms with Gasteiger partial charge in [-0.3, -0.25) is 4.72 Å². The second kappa shape index (κ2) is 6.74. The van der Waals surface area contributed by atoms with Crippen LogP contribution in [0.25, 0.3) is 0 Å². The lowest BCUT2D eigenvalue weighted by Gasteiger charge is -2.10. The van der Waals surface area contributed by atoms with E-state index in [9.17, 15) is 8.42 Å². The molecule has 21 heavy (non-hydrogen) atoms. The molecular weight excluding hydrogens is 352 g/mol. The highest BCUT2D eigenvalue weighted by molar-refractivity contribution is 9.10. The van der Waals surface area contributed by atoms with Crippen molar-refractivity contribution in [2.45, 2.75) is 6.42 Å². The molecule has 0 aliphatic heterocycles. The second-order valence-electron chi connectivity index (χ2n) is 4.46. The molecule has 6 heteroatoms. The molecule has 0 amide bonds. The minimum absolute atomic E-state index is 0.00343. The highest BCUT2D eigenvalue weighted by Crippen LogP contribution is 2.24. The molecule has 108 valence electrons. The van der Waals surface area contributed by atoms with E-state index in [1.807, 2.05) is 36.4 Å². The number of anilines is 1. The monoisotopic (exact) mass is 364 g/mol. The average Bonchev–Trinajstić information content (AvgIpc) is 2.48. The van der Waals surface area contributed by atoms with Gasteiger partial charge in [-0.05, 0) is 46.1 Å². The maximum atomic E-state index is 12.1. The Kier molecular flexibility index (Phi) is 4.99. The minimum atomic E-state index is -3.44. The third-order valence-corrected chi connectivity index (χ3v) is 4.79. The summed E-state index contributed by atoms with van der Waals surface area (Å²) in [6, 6.07) is 16.2. The molecule has 4 nitrogen and oxygen atoms in total. The molecule has 2 aromatic carbocycles. The van der Waals surface area contributed by atoms with E-state index in [-0.39, 0.29) is 5.75 Å². The third kappa shape index (κ3) is 4.59. The summed E-state index contributed by atoms with van der Waals surface area (Å²) in [6.45, 7) is 0. The van der Waals surface area contributed by atoms with Gasteiger partial charge >= 0.3 is 0 Å². The topological polar surface area (TPSA) is 70.0 Å². The summed E-state index contributed by atoms with van der Waals surface area (Å²) in [7, 11) is -3.44. The van der Waals surface area contributed by atoms with E-state index < -0.39 is 10.0 Å². The van der Waals surface area contributed by atoms with Crippen molar-refractivity contribution in [1.82, 2.24) is 0 Å². The van der Waals surface area contributed by atoms with Crippen molar-refractivity contribution in [2.75, 3.05) is 10.5 Å². The highest BCUT2D eigenvalue weighted by Gasteiger charge is 2.12. The Labute approximate surface area is 132 Å². The van der Waals surface area contributed by atoms with E-state index in [0.29, 0.717) is 22.1 Å². The molecule has 0 aliphatic rings. The Morgan fingerprint density at radius 1 is 1.14 bits per heavy atom. The lowest BCUT2D eigenvalue weighted by atomic mass is 10.2. The second-order valence-corrected chi connectivity index (χ2v) is 7.16. The predicted octanol–water partition coefficient (Wildman–Crippen LogP) is 3.31. The minimum Gasteiger partial charge on any atom is -0.282 e. The number of nitriles is 1. The molecule has 0 atom stereocenters. The molecule has 0 saturated carbocycles. The first kappa shape index (κ1) is 15.5. The normalized spacial score (nSPS) is 10.9. The molecule has 0 spiro atoms. The fourth-order valence-corrected chi connectivity index (χ4v) is 3.51. The van der Waals surface area contributed by atoms with Crippen molar-refractivity contribution in [3.63, 3.8) is 0 Å². The summed E-state index contributed by atoms with van der Waals surface area (Å²) in [5, 5.41) is 8.79. The fraction of sp³-hybridized carbons (Fsp3) is 0.133. The van der Waals surface area contributed by atoms with Crippen LogP contribution in [-0.2, 0) is 16.4 Å². The van der Waals surface area contributed by atoms with Crippen molar-refractivity contribution in [3.05, 3.63) is 64.1 Å². The molecule has 1 N–H and O–H groups in total. The number of rotatable bonds is 5. The van der Waals surface area contributed by atoms with Crippen LogP contribution in [0.15, 0.2) is 53.0 Å². The number of nitrogens with one attached hydrogen (secondary N) is 1. The van der Waals surface area contributed by atoms with Crippen molar-refractivity contribution in [3.8, 4) is 6.07 Å². The van der Waals surface area contributed by atoms with Gasteiger partial charge in [0.1, 0.15) is 0 Å². The van der Waals surface area contributed by atoms with Gasteiger partial charge < -0.3 is 0 Å². The number of sulfonamides is 1. The van der Waals surface area contributed by atoms with Crippen molar-refractivity contribution in [1.29, 1.82) is 5.26 Å². The number of benzene rings is 2. The largest absolute Gasteiger partial charge is 0.282 e. The predicted molar refractivity (Wildman–Crippen MR) is 86.4 cm³/mol. The number of hydrogen-bond acceptors (Lipinski definition) is 3. The lowest BCUT2D eigenvalue weighted by Crippen LogP contribution is -2.18. The summed E-state index contributed by atoms with van der Waals surface area (Å²) >= 11 is 3.26. The van der Waals surface area contributed by atoms with Gasteiger partial charge in [-0.2, -0.15) is 5.26 Å². The Morgan fingerprint density at radius 2 is 1.86 bits per heavy atom. The van der Waals surface area contributed by atoms with Crippen LogP contribution in [0.5, 0.6) is 0 Å². The highest BCUT2D eigenvalue weighted by atomic mass is 79.9. The van der Waals surface area contributed by atoms with E-state index in [1.54, 1.807) is 18.2 Å². The number of hydrogen-bond donors (Lipinski definition) is 1. The molecule has 0 fully saturated rings. The van der Waals surface area contributed by atoms with Crippen LogP contribution in [0.4, 0.5) is 5.69 Å². The number of halogens is 1. The molecule has 2 rings (SSSR count). The molecule has 0 aliphatic carbocycles. The zero-order valence-corrected chi connectivity index (χ0v) is 13.5. The summed E-state index contributed by atoms with van der Waals surface area (Å²) < 4.78 is 27.2. The van der Waals surface area contributed by atoms with Crippen LogP contribution in [0.2, 0.25) is 0 Å². The van der Waals surface area contributed by atoms with Gasteiger partial charge in [0.25, 0.3) is 0 Å². The maximum absolute atomic E-state index is 12.1. The smallest absolute Gasteiger partial charge is 0.233 e. The van der Waals surface area contributed by atoms with Gasteiger partial charge in [-0.25, -0.2) is 8.42 Å². The van der Waals surface area contributed by atoms with Gasteiger partial charge in [0.05, 0.1) is 23.1 Å². The molecule has 2 aromatic rings. The van der Waals surface area contributed by atoms with Crippen LogP contribution in [-0.4, -0.2) is 14.2 Å². The van der Waals surface area contributed by atoms with Crippen LogP contribution < -0.4 is 4.72 Å². The first-order chi connectivity index (χ1) is 10.00. The summed E-state index contributed by atoms with van der Waals surface area (Å²) in [6.07, 6.45) is 0.448. The van der Waals surface area contributed by atoms with Crippen molar-refractivity contribution >= 4 is 31.6 Å². The Morgan fingerprint density at radius 3 is 2.48 bits per heavy atom. The molecule has 0 radical (unpaired) electrons. The van der Waals surface area contributed by atoms with Gasteiger partial charge in [0, 0.05) is 4.47 Å². The molecule has 0 aromatic heterocycles. The summed E-state index contributed by atoms with van der Waals surface area (Å²) in [4.78, 5) is 0. The molecule has 0 unspecified atom stereocenters. The van der Waals surface area contributed by atoms with E-state index in [1.165, 1.54) is 0 Å². The van der Waals surface area contributed by atoms with E-state index >= 15 is 0 Å². The number of aryl methyl sites for hydroxylation is 1. The van der Waals surface area contributed by atoms with Crippen molar-refractivity contribution < 1.29 is 8.42 Å². The number of nitrogens with zero attached hydrogens (tertiary/aromatic N) is 1. The third-order valence-electron chi connectivity index (χ3n) is 2.87. The maximum Gasteiger partial charge on any atom is 0.233 e. The molecule has 0 heterocycles. The van der Waals surface area contributed by atoms with Crippen LogP contribution >= 0.6 is 15.9 Å². The first-order valence-corrected chi connectivity index (χ1v) is 8.69. The Hall–Kier alpha value is -1.84. The SMILES string of the molecule is N#Cc1ccc(NS(=O)(=O)CCc2ccccc2)c(Br)c1. The van der Waals surface area contributed by atoms with E-state index in [0.717, 1.165) is 5.56 Å². The van der Waals surface area contributed by atoms with Crippen molar-refractivity contribution in [2.24, 2.45) is 0 Å². The van der Waals surface area contributed by atoms with Crippen LogP contribution in [0, 0.1) is 11.3 Å². The molecular formula is C15H13BrN2O2S. The van der Waals surface area contributed by atoms with Gasteiger partial charge in [0.15, 0.2) is 0 Å². The van der Waals surface area contributed by atoms with Gasteiger partial charge in [0.2, 0.25) is 10.0 Å². The standard InChI is InChI=1S/C15H13BrN2O2S/c16-14-10-13(11-17)6-7-15(14)18-21(19,20)9-8-12-4-2-1-3-5-12/h1-7,10,18H,8-9H2. The Bertz CT molecular complexity index is 768. The summed E-state index contributed by atoms with van der Waals surface area (Å²) in [5.41, 5.74) is 1.87. The van der Waals surface area contributed by atoms with Crippen LogP contribution in [0.1, 0.15) is 11.1 Å². The zero-order valence-electron chi connectivity index (χ0n) is 11.1. The molecule has 0 bridgehead atoms. The summed E-state index contributed by atoms with van der Waals surface area (Å²) in [5.74, 6) is 0.00343. The first-order valence-electron chi connectivity index (χ1n) is 6.24. The fourth-order valence-electron chi connectivity index (χ4n) is 1.78. The zero-order chi connectivity index (χ0) is 15.3. The van der Waals surface area contributed by atoms with Gasteiger partial charge in [-0.1, -0.05) is 30.3 Å². The molecule has 0 saturated heterocycles. The Balaban J connectivity index is 2.06. The van der Waals surface area contributed by atoms with E-state index in [4.69, 9.17) is 5.26 Å². The van der Waals surface area contributed by atoms with E-state index in [2.05, 4.69) is 20.7 Å². The van der Waals surface area contributed by atoms with Crippen LogP contribution in [0.3, 0.4) is 0 Å². The quantitative estimate of drug-likeness (QED) is 0.884. The average molecular weight is 365 g/mol. The van der Waals surface area contributed by atoms with Gasteiger partial charge in [-0.15, -0.1) is 0 Å². The lowest BCUT2D eigenvalue weighted by molar-refractivity contribution is 0.600.